The molecule has 1 fully saturated rings. The Bertz CT molecular complexity index is 440. The molecular formula is C16H24N2O. The van der Waals surface area contributed by atoms with E-state index in [0.717, 1.165) is 24.2 Å². The first kappa shape index (κ1) is 13.9. The second kappa shape index (κ2) is 6.09. The molecule has 1 saturated carbocycles. The van der Waals surface area contributed by atoms with Crippen LogP contribution in [0.25, 0.3) is 0 Å². The maximum absolute atomic E-state index is 12.5. The predicted molar refractivity (Wildman–Crippen MR) is 78.5 cm³/mol. The number of anilines is 1. The fraction of sp³-hybridized carbons (Fsp3) is 0.562. The highest BCUT2D eigenvalue weighted by Gasteiger charge is 2.34. The normalized spacial score (nSPS) is 16.1. The second-order valence-electron chi connectivity index (χ2n) is 5.58. The van der Waals surface area contributed by atoms with Gasteiger partial charge in [0.2, 0.25) is 5.91 Å². The van der Waals surface area contributed by atoms with Crippen molar-refractivity contribution in [3.63, 3.8) is 0 Å². The van der Waals surface area contributed by atoms with Gasteiger partial charge in [0.1, 0.15) is 0 Å². The number of hydrogen-bond acceptors (Lipinski definition) is 2. The maximum Gasteiger partial charge on any atom is 0.225 e. The van der Waals surface area contributed by atoms with E-state index in [-0.39, 0.29) is 11.8 Å². The van der Waals surface area contributed by atoms with Gasteiger partial charge in [0.25, 0.3) is 0 Å². The molecule has 1 aromatic carbocycles. The quantitative estimate of drug-likeness (QED) is 0.799. The molecule has 104 valence electrons. The van der Waals surface area contributed by atoms with Gasteiger partial charge in [-0.3, -0.25) is 4.79 Å². The summed E-state index contributed by atoms with van der Waals surface area (Å²) >= 11 is 0. The topological polar surface area (TPSA) is 46.3 Å². The van der Waals surface area contributed by atoms with E-state index in [1.807, 2.05) is 29.2 Å². The summed E-state index contributed by atoms with van der Waals surface area (Å²) in [6.45, 7) is 5.62. The highest BCUT2D eigenvalue weighted by Crippen LogP contribution is 2.37. The Morgan fingerprint density at radius 3 is 2.68 bits per heavy atom. The van der Waals surface area contributed by atoms with Crippen molar-refractivity contribution in [2.45, 2.75) is 39.7 Å². The van der Waals surface area contributed by atoms with Gasteiger partial charge in [0.15, 0.2) is 0 Å². The van der Waals surface area contributed by atoms with E-state index in [0.29, 0.717) is 12.5 Å². The van der Waals surface area contributed by atoms with Crippen molar-refractivity contribution < 1.29 is 4.79 Å². The fourth-order valence-corrected chi connectivity index (χ4v) is 2.51. The van der Waals surface area contributed by atoms with E-state index in [4.69, 9.17) is 5.73 Å². The number of para-hydroxylation sites is 1. The van der Waals surface area contributed by atoms with Crippen LogP contribution in [0.2, 0.25) is 0 Å². The molecule has 0 bridgehead atoms. The molecule has 0 aromatic heterocycles. The van der Waals surface area contributed by atoms with Gasteiger partial charge >= 0.3 is 0 Å². The molecule has 0 saturated heterocycles. The van der Waals surface area contributed by atoms with Gasteiger partial charge in [0.05, 0.1) is 0 Å². The van der Waals surface area contributed by atoms with Crippen LogP contribution in [0.3, 0.4) is 0 Å². The SMILES string of the molecule is CCCN(Cc1ccccc1N)C(=O)C(C)C1CC1. The average Bonchev–Trinajstić information content (AvgIpc) is 3.23. The highest BCUT2D eigenvalue weighted by atomic mass is 16.2. The van der Waals surface area contributed by atoms with E-state index < -0.39 is 0 Å². The Morgan fingerprint density at radius 2 is 2.11 bits per heavy atom. The summed E-state index contributed by atoms with van der Waals surface area (Å²) in [6, 6.07) is 7.81. The Balaban J connectivity index is 2.07. The third-order valence-corrected chi connectivity index (χ3v) is 3.94. The Kier molecular flexibility index (Phi) is 4.46. The smallest absolute Gasteiger partial charge is 0.225 e. The summed E-state index contributed by atoms with van der Waals surface area (Å²) < 4.78 is 0. The van der Waals surface area contributed by atoms with Gasteiger partial charge in [0, 0.05) is 24.7 Å². The summed E-state index contributed by atoms with van der Waals surface area (Å²) in [5.41, 5.74) is 7.80. The number of carbonyl (C=O) groups is 1. The summed E-state index contributed by atoms with van der Waals surface area (Å²) in [5.74, 6) is 1.06. The zero-order valence-electron chi connectivity index (χ0n) is 11.9. The fourth-order valence-electron chi connectivity index (χ4n) is 2.51. The lowest BCUT2D eigenvalue weighted by Gasteiger charge is -2.26. The zero-order valence-corrected chi connectivity index (χ0v) is 11.9. The van der Waals surface area contributed by atoms with E-state index >= 15 is 0 Å². The molecule has 1 aromatic rings. The third kappa shape index (κ3) is 3.49. The van der Waals surface area contributed by atoms with Crippen LogP contribution in [0.4, 0.5) is 5.69 Å². The lowest BCUT2D eigenvalue weighted by Crippen LogP contribution is -2.36. The number of amides is 1. The van der Waals surface area contributed by atoms with Crippen LogP contribution in [0.15, 0.2) is 24.3 Å². The van der Waals surface area contributed by atoms with Crippen LogP contribution in [0, 0.1) is 11.8 Å². The summed E-state index contributed by atoms with van der Waals surface area (Å²) in [5, 5.41) is 0. The average molecular weight is 260 g/mol. The molecular weight excluding hydrogens is 236 g/mol. The van der Waals surface area contributed by atoms with Gasteiger partial charge in [-0.1, -0.05) is 32.0 Å². The van der Waals surface area contributed by atoms with Crippen LogP contribution in [-0.2, 0) is 11.3 Å². The molecule has 1 atom stereocenters. The Labute approximate surface area is 115 Å². The molecule has 0 heterocycles. The summed E-state index contributed by atoms with van der Waals surface area (Å²) in [6.07, 6.45) is 3.40. The first-order valence-corrected chi connectivity index (χ1v) is 7.25. The third-order valence-electron chi connectivity index (χ3n) is 3.94. The monoisotopic (exact) mass is 260 g/mol. The molecule has 1 unspecified atom stereocenters. The van der Waals surface area contributed by atoms with E-state index in [9.17, 15) is 4.79 Å². The lowest BCUT2D eigenvalue weighted by atomic mass is 10.0. The number of carbonyl (C=O) groups excluding carboxylic acids is 1. The summed E-state index contributed by atoms with van der Waals surface area (Å²) in [7, 11) is 0. The number of nitrogens with two attached hydrogens (primary N) is 1. The molecule has 0 spiro atoms. The van der Waals surface area contributed by atoms with E-state index in [1.54, 1.807) is 0 Å². The van der Waals surface area contributed by atoms with Gasteiger partial charge in [-0.05, 0) is 36.8 Å². The minimum atomic E-state index is 0.163. The van der Waals surface area contributed by atoms with Gasteiger partial charge in [-0.25, -0.2) is 0 Å². The maximum atomic E-state index is 12.5. The Hall–Kier alpha value is -1.51. The van der Waals surface area contributed by atoms with Crippen molar-refractivity contribution in [3.05, 3.63) is 29.8 Å². The number of nitrogen functional groups attached to an aromatic ring is 1. The van der Waals surface area contributed by atoms with Crippen molar-refractivity contribution >= 4 is 11.6 Å². The van der Waals surface area contributed by atoms with Gasteiger partial charge in [-0.2, -0.15) is 0 Å². The molecule has 1 aliphatic rings. The summed E-state index contributed by atoms with van der Waals surface area (Å²) in [4.78, 5) is 14.5. The zero-order chi connectivity index (χ0) is 13.8. The predicted octanol–water partition coefficient (Wildman–Crippen LogP) is 3.05. The van der Waals surface area contributed by atoms with Crippen LogP contribution in [0.5, 0.6) is 0 Å². The second-order valence-corrected chi connectivity index (χ2v) is 5.58. The molecule has 1 aliphatic carbocycles. The molecule has 1 amide bonds. The molecule has 2 N–H and O–H groups in total. The number of benzene rings is 1. The van der Waals surface area contributed by atoms with Crippen molar-refractivity contribution in [2.75, 3.05) is 12.3 Å². The van der Waals surface area contributed by atoms with Crippen molar-refractivity contribution in [1.82, 2.24) is 4.90 Å². The van der Waals surface area contributed by atoms with Gasteiger partial charge in [-0.15, -0.1) is 0 Å². The van der Waals surface area contributed by atoms with Crippen molar-refractivity contribution in [1.29, 1.82) is 0 Å². The largest absolute Gasteiger partial charge is 0.398 e. The van der Waals surface area contributed by atoms with Crippen LogP contribution < -0.4 is 5.73 Å². The molecule has 0 radical (unpaired) electrons. The minimum absolute atomic E-state index is 0.163. The van der Waals surface area contributed by atoms with Crippen LogP contribution >= 0.6 is 0 Å². The number of nitrogens with zero attached hydrogens (tertiary/aromatic N) is 1. The van der Waals surface area contributed by atoms with E-state index in [1.165, 1.54) is 12.8 Å². The lowest BCUT2D eigenvalue weighted by molar-refractivity contribution is -0.136. The van der Waals surface area contributed by atoms with Gasteiger partial charge < -0.3 is 10.6 Å². The molecule has 0 aliphatic heterocycles. The molecule has 19 heavy (non-hydrogen) atoms. The number of hydrogen-bond donors (Lipinski definition) is 1. The van der Waals surface area contributed by atoms with Crippen LogP contribution in [0.1, 0.15) is 38.7 Å². The van der Waals surface area contributed by atoms with Crippen molar-refractivity contribution in [2.24, 2.45) is 11.8 Å². The molecule has 3 heteroatoms. The standard InChI is InChI=1S/C16H24N2O/c1-3-10-18(16(19)12(2)13-8-9-13)11-14-6-4-5-7-15(14)17/h4-7,12-13H,3,8-11,17H2,1-2H3. The Morgan fingerprint density at radius 1 is 1.42 bits per heavy atom. The van der Waals surface area contributed by atoms with E-state index in [2.05, 4.69) is 13.8 Å². The highest BCUT2D eigenvalue weighted by molar-refractivity contribution is 5.79. The minimum Gasteiger partial charge on any atom is -0.398 e. The molecule has 3 nitrogen and oxygen atoms in total. The van der Waals surface area contributed by atoms with Crippen molar-refractivity contribution in [3.8, 4) is 0 Å². The first-order chi connectivity index (χ1) is 9.13. The van der Waals surface area contributed by atoms with Crippen LogP contribution in [-0.4, -0.2) is 17.4 Å². The number of rotatable bonds is 6. The molecule has 2 rings (SSSR count). The first-order valence-electron chi connectivity index (χ1n) is 7.25.